The van der Waals surface area contributed by atoms with Crippen LogP contribution in [0.1, 0.15) is 10.4 Å². The number of esters is 1. The minimum Gasteiger partial charge on any atom is -0.452 e. The SMILES string of the molecule is O=C(COC(=O)c1ccc(F)cc1)Nc1nnc(-c2ccccc2)o1. The Morgan fingerprint density at radius 3 is 2.48 bits per heavy atom. The van der Waals surface area contributed by atoms with Crippen LogP contribution in [0.2, 0.25) is 0 Å². The topological polar surface area (TPSA) is 94.3 Å². The average Bonchev–Trinajstić information content (AvgIpc) is 3.09. The monoisotopic (exact) mass is 341 g/mol. The lowest BCUT2D eigenvalue weighted by Crippen LogP contribution is -2.21. The Kier molecular flexibility index (Phi) is 4.79. The summed E-state index contributed by atoms with van der Waals surface area (Å²) in [6.07, 6.45) is 0. The number of aromatic nitrogens is 2. The fourth-order valence-electron chi connectivity index (χ4n) is 1.93. The molecule has 0 spiro atoms. The lowest BCUT2D eigenvalue weighted by molar-refractivity contribution is -0.119. The maximum absolute atomic E-state index is 12.8. The van der Waals surface area contributed by atoms with E-state index in [9.17, 15) is 14.0 Å². The van der Waals surface area contributed by atoms with Crippen LogP contribution in [-0.4, -0.2) is 28.7 Å². The largest absolute Gasteiger partial charge is 0.452 e. The van der Waals surface area contributed by atoms with E-state index in [1.807, 2.05) is 18.2 Å². The van der Waals surface area contributed by atoms with Gasteiger partial charge < -0.3 is 9.15 Å². The Morgan fingerprint density at radius 1 is 1.04 bits per heavy atom. The number of nitrogens with one attached hydrogen (secondary N) is 1. The van der Waals surface area contributed by atoms with Gasteiger partial charge in [0.25, 0.3) is 5.91 Å². The van der Waals surface area contributed by atoms with Crippen molar-refractivity contribution in [2.75, 3.05) is 11.9 Å². The van der Waals surface area contributed by atoms with E-state index in [1.54, 1.807) is 12.1 Å². The second kappa shape index (κ2) is 7.35. The molecule has 2 aromatic carbocycles. The first-order valence-electron chi connectivity index (χ1n) is 7.23. The van der Waals surface area contributed by atoms with Crippen LogP contribution < -0.4 is 5.32 Å². The van der Waals surface area contributed by atoms with Gasteiger partial charge in [-0.2, -0.15) is 0 Å². The predicted octanol–water partition coefficient (Wildman–Crippen LogP) is 2.67. The molecule has 0 bridgehead atoms. The zero-order valence-electron chi connectivity index (χ0n) is 12.8. The third-order valence-corrected chi connectivity index (χ3v) is 3.11. The van der Waals surface area contributed by atoms with E-state index in [0.29, 0.717) is 5.56 Å². The van der Waals surface area contributed by atoms with Gasteiger partial charge in [-0.1, -0.05) is 23.3 Å². The highest BCUT2D eigenvalue weighted by Crippen LogP contribution is 2.18. The fourth-order valence-corrected chi connectivity index (χ4v) is 1.93. The Morgan fingerprint density at radius 2 is 1.76 bits per heavy atom. The van der Waals surface area contributed by atoms with E-state index in [1.165, 1.54) is 12.1 Å². The number of hydrogen-bond acceptors (Lipinski definition) is 6. The highest BCUT2D eigenvalue weighted by Gasteiger charge is 2.14. The molecular formula is C17H12FN3O4. The average molecular weight is 341 g/mol. The van der Waals surface area contributed by atoms with Crippen LogP contribution in [0.4, 0.5) is 10.4 Å². The van der Waals surface area contributed by atoms with E-state index in [2.05, 4.69) is 15.5 Å². The van der Waals surface area contributed by atoms with Gasteiger partial charge in [-0.3, -0.25) is 10.1 Å². The highest BCUT2D eigenvalue weighted by atomic mass is 19.1. The van der Waals surface area contributed by atoms with Crippen LogP contribution in [0, 0.1) is 5.82 Å². The normalized spacial score (nSPS) is 10.3. The van der Waals surface area contributed by atoms with Crippen LogP contribution in [0.5, 0.6) is 0 Å². The number of halogens is 1. The van der Waals surface area contributed by atoms with Gasteiger partial charge in [0.15, 0.2) is 6.61 Å². The molecule has 0 aliphatic heterocycles. The van der Waals surface area contributed by atoms with Crippen LogP contribution in [0.15, 0.2) is 59.0 Å². The smallest absolute Gasteiger partial charge is 0.338 e. The van der Waals surface area contributed by atoms with Gasteiger partial charge in [-0.05, 0) is 36.4 Å². The third kappa shape index (κ3) is 4.25. The van der Waals surface area contributed by atoms with Gasteiger partial charge in [0.1, 0.15) is 5.82 Å². The summed E-state index contributed by atoms with van der Waals surface area (Å²) in [6, 6.07) is 13.7. The molecule has 0 aliphatic carbocycles. The minimum atomic E-state index is -0.745. The fraction of sp³-hybridized carbons (Fsp3) is 0.0588. The molecule has 126 valence electrons. The van der Waals surface area contributed by atoms with Crippen molar-refractivity contribution in [2.45, 2.75) is 0 Å². The van der Waals surface area contributed by atoms with Crippen molar-refractivity contribution in [1.82, 2.24) is 10.2 Å². The van der Waals surface area contributed by atoms with E-state index in [4.69, 9.17) is 9.15 Å². The van der Waals surface area contributed by atoms with Gasteiger partial charge in [-0.15, -0.1) is 5.10 Å². The Hall–Kier alpha value is -3.55. The van der Waals surface area contributed by atoms with Gasteiger partial charge in [0.2, 0.25) is 5.89 Å². The number of ether oxygens (including phenoxy) is 1. The maximum Gasteiger partial charge on any atom is 0.338 e. The number of carbonyl (C=O) groups excluding carboxylic acids is 2. The van der Waals surface area contributed by atoms with E-state index in [0.717, 1.165) is 12.1 Å². The van der Waals surface area contributed by atoms with Gasteiger partial charge in [-0.25, -0.2) is 9.18 Å². The molecule has 0 unspecified atom stereocenters. The lowest BCUT2D eigenvalue weighted by Gasteiger charge is -2.04. The van der Waals surface area contributed by atoms with Crippen LogP contribution in [-0.2, 0) is 9.53 Å². The number of anilines is 1. The molecule has 7 nitrogen and oxygen atoms in total. The summed E-state index contributed by atoms with van der Waals surface area (Å²) in [7, 11) is 0. The molecule has 0 saturated heterocycles. The van der Waals surface area contributed by atoms with Crippen molar-refractivity contribution >= 4 is 17.9 Å². The standard InChI is InChI=1S/C17H12FN3O4/c18-13-8-6-12(7-9-13)16(23)24-10-14(22)19-17-21-20-15(25-17)11-4-2-1-3-5-11/h1-9H,10H2,(H,19,21,22). The minimum absolute atomic E-state index is 0.110. The van der Waals surface area contributed by atoms with Gasteiger partial charge in [0, 0.05) is 5.56 Å². The van der Waals surface area contributed by atoms with Crippen LogP contribution in [0.3, 0.4) is 0 Å². The zero-order chi connectivity index (χ0) is 17.6. The summed E-state index contributed by atoms with van der Waals surface area (Å²) < 4.78 is 22.9. The summed E-state index contributed by atoms with van der Waals surface area (Å²) >= 11 is 0. The van der Waals surface area contributed by atoms with E-state index < -0.39 is 24.3 Å². The first-order valence-corrected chi connectivity index (χ1v) is 7.23. The van der Waals surface area contributed by atoms with Gasteiger partial charge >= 0.3 is 12.0 Å². The predicted molar refractivity (Wildman–Crippen MR) is 85.0 cm³/mol. The Labute approximate surface area is 141 Å². The molecule has 1 N–H and O–H groups in total. The number of hydrogen-bond donors (Lipinski definition) is 1. The highest BCUT2D eigenvalue weighted by molar-refractivity contribution is 5.94. The first kappa shape index (κ1) is 16.3. The molecule has 0 saturated carbocycles. The molecule has 3 aromatic rings. The van der Waals surface area contributed by atoms with Crippen molar-refractivity contribution in [1.29, 1.82) is 0 Å². The summed E-state index contributed by atoms with van der Waals surface area (Å²) in [6.45, 7) is -0.542. The number of carbonyl (C=O) groups is 2. The molecule has 0 radical (unpaired) electrons. The molecule has 1 heterocycles. The lowest BCUT2D eigenvalue weighted by atomic mass is 10.2. The molecule has 1 aromatic heterocycles. The molecule has 8 heteroatoms. The summed E-state index contributed by atoms with van der Waals surface area (Å²) in [4.78, 5) is 23.5. The number of nitrogens with zero attached hydrogens (tertiary/aromatic N) is 2. The van der Waals surface area contributed by atoms with Gasteiger partial charge in [0.05, 0.1) is 5.56 Å². The third-order valence-electron chi connectivity index (χ3n) is 3.11. The van der Waals surface area contributed by atoms with Crippen molar-refractivity contribution < 1.29 is 23.1 Å². The molecule has 25 heavy (non-hydrogen) atoms. The number of amides is 1. The summed E-state index contributed by atoms with van der Waals surface area (Å²) in [5.41, 5.74) is 0.844. The van der Waals surface area contributed by atoms with Crippen molar-refractivity contribution in [3.8, 4) is 11.5 Å². The molecular weight excluding hydrogens is 329 g/mol. The Balaban J connectivity index is 1.54. The summed E-state index contributed by atoms with van der Waals surface area (Å²) in [5.74, 6) is -1.61. The van der Waals surface area contributed by atoms with Crippen molar-refractivity contribution in [3.05, 3.63) is 66.0 Å². The van der Waals surface area contributed by atoms with E-state index in [-0.39, 0.29) is 17.5 Å². The molecule has 1 amide bonds. The maximum atomic E-state index is 12.8. The molecule has 0 aliphatic rings. The van der Waals surface area contributed by atoms with Crippen molar-refractivity contribution in [2.24, 2.45) is 0 Å². The van der Waals surface area contributed by atoms with Crippen molar-refractivity contribution in [3.63, 3.8) is 0 Å². The second-order valence-electron chi connectivity index (χ2n) is 4.91. The number of benzene rings is 2. The number of rotatable bonds is 5. The first-order chi connectivity index (χ1) is 12.1. The molecule has 0 atom stereocenters. The quantitative estimate of drug-likeness (QED) is 0.717. The molecule has 0 fully saturated rings. The zero-order valence-corrected chi connectivity index (χ0v) is 12.8. The second-order valence-corrected chi connectivity index (χ2v) is 4.91. The Bertz CT molecular complexity index is 878. The van der Waals surface area contributed by atoms with Crippen LogP contribution in [0.25, 0.3) is 11.5 Å². The summed E-state index contributed by atoms with van der Waals surface area (Å²) in [5, 5.41) is 9.84. The molecule has 3 rings (SSSR count). The van der Waals surface area contributed by atoms with E-state index >= 15 is 0 Å². The van der Waals surface area contributed by atoms with Crippen LogP contribution >= 0.6 is 0 Å².